The highest BCUT2D eigenvalue weighted by molar-refractivity contribution is 5.46. The molecule has 1 N–H and O–H groups in total. The molecular weight excluding hydrogens is 305 g/mol. The molecule has 0 radical (unpaired) electrons. The van der Waals surface area contributed by atoms with Gasteiger partial charge in [-0.1, -0.05) is 6.07 Å². The standard InChI is InChI=1S/C19H28FN3O/c1-14-11-23-12-17(10-19(23)13-24-14)21-16-5-7-22(8-6-16)18-4-2-3-15(20)9-18/h2-4,9,14,16-17,19,21H,5-8,10-13H2,1H3/t14-,17+,19+/m1/s1. The number of nitrogens with one attached hydrogen (secondary N) is 1. The normalized spacial score (nSPS) is 32.1. The minimum absolute atomic E-state index is 0.146. The Labute approximate surface area is 144 Å². The average molecular weight is 333 g/mol. The minimum atomic E-state index is -0.146. The molecule has 0 aliphatic carbocycles. The van der Waals surface area contributed by atoms with Crippen LogP contribution in [0.5, 0.6) is 0 Å². The average Bonchev–Trinajstić information content (AvgIpc) is 2.97. The lowest BCUT2D eigenvalue weighted by atomic mass is 10.0. The number of hydrogen-bond donors (Lipinski definition) is 1. The zero-order valence-electron chi connectivity index (χ0n) is 14.5. The minimum Gasteiger partial charge on any atom is -0.376 e. The molecular formula is C19H28FN3O. The van der Waals surface area contributed by atoms with Crippen molar-refractivity contribution in [3.63, 3.8) is 0 Å². The number of morpholine rings is 1. The second kappa shape index (κ2) is 6.98. The molecule has 3 fully saturated rings. The van der Waals surface area contributed by atoms with Gasteiger partial charge in [0, 0.05) is 50.0 Å². The van der Waals surface area contributed by atoms with Crippen LogP contribution in [0.2, 0.25) is 0 Å². The zero-order chi connectivity index (χ0) is 16.5. The second-order valence-electron chi connectivity index (χ2n) is 7.59. The molecule has 0 amide bonds. The molecule has 3 aliphatic rings. The van der Waals surface area contributed by atoms with E-state index in [-0.39, 0.29) is 5.82 Å². The van der Waals surface area contributed by atoms with Gasteiger partial charge in [-0.3, -0.25) is 4.90 Å². The highest BCUT2D eigenvalue weighted by Crippen LogP contribution is 2.25. The summed E-state index contributed by atoms with van der Waals surface area (Å²) >= 11 is 0. The van der Waals surface area contributed by atoms with Gasteiger partial charge in [0.15, 0.2) is 0 Å². The van der Waals surface area contributed by atoms with E-state index in [0.29, 0.717) is 24.2 Å². The Bertz CT molecular complexity index is 561. The maximum Gasteiger partial charge on any atom is 0.125 e. The summed E-state index contributed by atoms with van der Waals surface area (Å²) in [6.07, 6.45) is 3.83. The smallest absolute Gasteiger partial charge is 0.125 e. The lowest BCUT2D eigenvalue weighted by Gasteiger charge is -2.35. The van der Waals surface area contributed by atoms with Crippen LogP contribution < -0.4 is 10.2 Å². The summed E-state index contributed by atoms with van der Waals surface area (Å²) in [5.41, 5.74) is 1.01. The fourth-order valence-corrected chi connectivity index (χ4v) is 4.47. The number of rotatable bonds is 3. The van der Waals surface area contributed by atoms with Crippen LogP contribution in [-0.4, -0.2) is 61.9 Å². The van der Waals surface area contributed by atoms with Crippen molar-refractivity contribution in [2.45, 2.75) is 50.4 Å². The third kappa shape index (κ3) is 3.58. The van der Waals surface area contributed by atoms with Crippen LogP contribution in [0.25, 0.3) is 0 Å². The summed E-state index contributed by atoms with van der Waals surface area (Å²) < 4.78 is 19.2. The predicted molar refractivity (Wildman–Crippen MR) is 94.0 cm³/mol. The molecule has 1 aromatic carbocycles. The molecule has 4 nitrogen and oxygen atoms in total. The van der Waals surface area contributed by atoms with Crippen LogP contribution in [0.3, 0.4) is 0 Å². The summed E-state index contributed by atoms with van der Waals surface area (Å²) in [5.74, 6) is -0.146. The van der Waals surface area contributed by atoms with E-state index in [2.05, 4.69) is 22.0 Å². The number of ether oxygens (including phenoxy) is 1. The van der Waals surface area contributed by atoms with Crippen molar-refractivity contribution in [1.82, 2.24) is 10.2 Å². The summed E-state index contributed by atoms with van der Waals surface area (Å²) in [7, 11) is 0. The Kier molecular flexibility index (Phi) is 4.74. The Morgan fingerprint density at radius 1 is 1.17 bits per heavy atom. The second-order valence-corrected chi connectivity index (χ2v) is 7.59. The molecule has 1 aromatic rings. The molecule has 3 saturated heterocycles. The van der Waals surface area contributed by atoms with Crippen molar-refractivity contribution in [1.29, 1.82) is 0 Å². The lowest BCUT2D eigenvalue weighted by molar-refractivity contribution is -0.0390. The Hall–Kier alpha value is -1.17. The van der Waals surface area contributed by atoms with Crippen LogP contribution in [0.1, 0.15) is 26.2 Å². The van der Waals surface area contributed by atoms with Crippen molar-refractivity contribution in [3.05, 3.63) is 30.1 Å². The van der Waals surface area contributed by atoms with E-state index in [9.17, 15) is 4.39 Å². The molecule has 4 rings (SSSR count). The van der Waals surface area contributed by atoms with Gasteiger partial charge >= 0.3 is 0 Å². The van der Waals surface area contributed by atoms with Crippen molar-refractivity contribution in [2.75, 3.05) is 37.7 Å². The summed E-state index contributed by atoms with van der Waals surface area (Å²) in [5, 5.41) is 3.87. The number of nitrogens with zero attached hydrogens (tertiary/aromatic N) is 2. The van der Waals surface area contributed by atoms with Crippen molar-refractivity contribution < 1.29 is 9.13 Å². The highest BCUT2D eigenvalue weighted by Gasteiger charge is 2.37. The van der Waals surface area contributed by atoms with Gasteiger partial charge in [-0.2, -0.15) is 0 Å². The lowest BCUT2D eigenvalue weighted by Crippen LogP contribution is -2.47. The monoisotopic (exact) mass is 333 g/mol. The van der Waals surface area contributed by atoms with Gasteiger partial charge in [-0.05, 0) is 44.4 Å². The molecule has 0 unspecified atom stereocenters. The molecule has 132 valence electrons. The van der Waals surface area contributed by atoms with Gasteiger partial charge in [0.1, 0.15) is 5.82 Å². The number of piperidine rings is 1. The first-order valence-corrected chi connectivity index (χ1v) is 9.29. The Balaban J connectivity index is 1.26. The SMILES string of the molecule is C[C@@H]1CN2C[C@@H](NC3CCN(c4cccc(F)c4)CC3)C[C@H]2CO1. The van der Waals surface area contributed by atoms with Crippen molar-refractivity contribution in [2.24, 2.45) is 0 Å². The number of benzene rings is 1. The van der Waals surface area contributed by atoms with Gasteiger partial charge in [-0.25, -0.2) is 4.39 Å². The van der Waals surface area contributed by atoms with Gasteiger partial charge in [0.05, 0.1) is 12.7 Å². The zero-order valence-corrected chi connectivity index (χ0v) is 14.5. The largest absolute Gasteiger partial charge is 0.376 e. The number of anilines is 1. The Morgan fingerprint density at radius 3 is 2.79 bits per heavy atom. The summed E-state index contributed by atoms with van der Waals surface area (Å²) in [4.78, 5) is 4.89. The van der Waals surface area contributed by atoms with Crippen LogP contribution in [0.15, 0.2) is 24.3 Å². The van der Waals surface area contributed by atoms with Gasteiger partial charge in [-0.15, -0.1) is 0 Å². The molecule has 3 aliphatic heterocycles. The fraction of sp³-hybridized carbons (Fsp3) is 0.684. The molecule has 3 heterocycles. The van der Waals surface area contributed by atoms with Crippen LogP contribution in [-0.2, 0) is 4.74 Å². The highest BCUT2D eigenvalue weighted by atomic mass is 19.1. The molecule has 0 spiro atoms. The first-order valence-electron chi connectivity index (χ1n) is 9.29. The third-order valence-electron chi connectivity index (χ3n) is 5.73. The number of hydrogen-bond acceptors (Lipinski definition) is 4. The Morgan fingerprint density at radius 2 is 2.00 bits per heavy atom. The van der Waals surface area contributed by atoms with E-state index in [1.54, 1.807) is 12.1 Å². The first-order chi connectivity index (χ1) is 11.7. The third-order valence-corrected chi connectivity index (χ3v) is 5.73. The summed E-state index contributed by atoms with van der Waals surface area (Å²) in [6, 6.07) is 8.74. The van der Waals surface area contributed by atoms with Crippen LogP contribution in [0, 0.1) is 5.82 Å². The van der Waals surface area contributed by atoms with E-state index in [1.807, 2.05) is 6.07 Å². The maximum absolute atomic E-state index is 13.4. The molecule has 0 bridgehead atoms. The summed E-state index contributed by atoms with van der Waals surface area (Å²) in [6.45, 7) is 7.28. The molecule has 0 saturated carbocycles. The molecule has 5 heteroatoms. The van der Waals surface area contributed by atoms with Crippen molar-refractivity contribution >= 4 is 5.69 Å². The number of fused-ring (bicyclic) bond motifs is 1. The maximum atomic E-state index is 13.4. The van der Waals surface area contributed by atoms with E-state index >= 15 is 0 Å². The van der Waals surface area contributed by atoms with Crippen LogP contribution in [0.4, 0.5) is 10.1 Å². The van der Waals surface area contributed by atoms with Crippen molar-refractivity contribution in [3.8, 4) is 0 Å². The van der Waals surface area contributed by atoms with E-state index in [4.69, 9.17) is 4.74 Å². The predicted octanol–water partition coefficient (Wildman–Crippen LogP) is 2.25. The van der Waals surface area contributed by atoms with E-state index < -0.39 is 0 Å². The van der Waals surface area contributed by atoms with E-state index in [0.717, 1.165) is 51.3 Å². The fourth-order valence-electron chi connectivity index (χ4n) is 4.47. The van der Waals surface area contributed by atoms with Crippen LogP contribution >= 0.6 is 0 Å². The number of halogens is 1. The first kappa shape index (κ1) is 16.3. The van der Waals surface area contributed by atoms with Gasteiger partial charge in [0.25, 0.3) is 0 Å². The topological polar surface area (TPSA) is 27.7 Å². The van der Waals surface area contributed by atoms with Gasteiger partial charge < -0.3 is 15.0 Å². The van der Waals surface area contributed by atoms with Gasteiger partial charge in [0.2, 0.25) is 0 Å². The quantitative estimate of drug-likeness (QED) is 0.918. The molecule has 24 heavy (non-hydrogen) atoms. The molecule has 3 atom stereocenters. The van der Waals surface area contributed by atoms with E-state index in [1.165, 1.54) is 12.5 Å². The molecule has 0 aromatic heterocycles.